The molecular formula is C22H29N7O4. The highest BCUT2D eigenvalue weighted by atomic mass is 16.6. The van der Waals surface area contributed by atoms with Crippen LogP contribution in [0.3, 0.4) is 0 Å². The predicted octanol–water partition coefficient (Wildman–Crippen LogP) is 2.15. The second-order valence-corrected chi connectivity index (χ2v) is 8.07. The second-order valence-electron chi connectivity index (χ2n) is 8.07. The summed E-state index contributed by atoms with van der Waals surface area (Å²) in [5, 5.41) is 34.4. The minimum Gasteiger partial charge on any atom is -0.395 e. The molecule has 1 aliphatic heterocycles. The Bertz CT molecular complexity index is 1050. The van der Waals surface area contributed by atoms with Crippen LogP contribution in [0.15, 0.2) is 41.0 Å². The summed E-state index contributed by atoms with van der Waals surface area (Å²) in [7, 11) is 0. The number of nitrogens with zero attached hydrogens (tertiary/aromatic N) is 5. The van der Waals surface area contributed by atoms with Crippen LogP contribution in [-0.2, 0) is 6.54 Å². The van der Waals surface area contributed by atoms with Gasteiger partial charge in [0.1, 0.15) is 5.69 Å². The zero-order valence-corrected chi connectivity index (χ0v) is 18.4. The van der Waals surface area contributed by atoms with E-state index in [0.717, 1.165) is 45.7 Å². The van der Waals surface area contributed by atoms with Crippen molar-refractivity contribution in [1.82, 2.24) is 20.1 Å². The first-order chi connectivity index (χ1) is 16.2. The van der Waals surface area contributed by atoms with Gasteiger partial charge in [-0.2, -0.15) is 0 Å². The van der Waals surface area contributed by atoms with Gasteiger partial charge in [0.15, 0.2) is 5.52 Å². The number of nitro benzene ring substituents is 1. The van der Waals surface area contributed by atoms with Crippen molar-refractivity contribution in [2.24, 2.45) is 0 Å². The van der Waals surface area contributed by atoms with E-state index in [1.807, 2.05) is 6.07 Å². The minimum atomic E-state index is -0.520. The molecular weight excluding hydrogens is 426 g/mol. The Hall–Kier alpha value is -3.28. The Labute approximate surface area is 191 Å². The third-order valence-corrected chi connectivity index (χ3v) is 5.80. The molecule has 3 aromatic rings. The number of rotatable bonds is 11. The van der Waals surface area contributed by atoms with Gasteiger partial charge in [-0.05, 0) is 34.9 Å². The van der Waals surface area contributed by atoms with Gasteiger partial charge in [-0.3, -0.25) is 15.0 Å². The van der Waals surface area contributed by atoms with Crippen molar-refractivity contribution in [3.8, 4) is 0 Å². The van der Waals surface area contributed by atoms with Gasteiger partial charge in [0.2, 0.25) is 5.52 Å². The maximum atomic E-state index is 11.5. The van der Waals surface area contributed by atoms with E-state index in [2.05, 4.69) is 55.0 Å². The molecule has 1 saturated heterocycles. The van der Waals surface area contributed by atoms with Crippen molar-refractivity contribution in [2.75, 3.05) is 63.1 Å². The molecule has 0 atom stereocenters. The van der Waals surface area contributed by atoms with Crippen molar-refractivity contribution >= 4 is 28.1 Å². The molecule has 11 nitrogen and oxygen atoms in total. The molecule has 0 radical (unpaired) electrons. The number of hydrogen-bond donors (Lipinski definition) is 3. The van der Waals surface area contributed by atoms with E-state index in [1.165, 1.54) is 5.56 Å². The summed E-state index contributed by atoms with van der Waals surface area (Å²) in [4.78, 5) is 16.0. The molecule has 0 bridgehead atoms. The molecule has 0 saturated carbocycles. The van der Waals surface area contributed by atoms with Crippen LogP contribution in [0.25, 0.3) is 11.0 Å². The van der Waals surface area contributed by atoms with Crippen molar-refractivity contribution in [2.45, 2.75) is 13.0 Å². The van der Waals surface area contributed by atoms with Crippen LogP contribution >= 0.6 is 0 Å². The number of aromatic nitrogens is 2. The van der Waals surface area contributed by atoms with Crippen LogP contribution in [0.2, 0.25) is 0 Å². The lowest BCUT2D eigenvalue weighted by atomic mass is 10.2. The van der Waals surface area contributed by atoms with Gasteiger partial charge in [-0.1, -0.05) is 30.3 Å². The molecule has 1 aromatic heterocycles. The summed E-state index contributed by atoms with van der Waals surface area (Å²) in [6.45, 7) is 6.86. The average Bonchev–Trinajstić information content (AvgIpc) is 3.31. The predicted molar refractivity (Wildman–Crippen MR) is 125 cm³/mol. The van der Waals surface area contributed by atoms with E-state index in [4.69, 9.17) is 9.74 Å². The highest BCUT2D eigenvalue weighted by molar-refractivity contribution is 5.99. The van der Waals surface area contributed by atoms with E-state index in [-0.39, 0.29) is 30.0 Å². The summed E-state index contributed by atoms with van der Waals surface area (Å²) in [6, 6.07) is 12.2. The van der Waals surface area contributed by atoms with E-state index >= 15 is 0 Å². The summed E-state index contributed by atoms with van der Waals surface area (Å²) in [6.07, 6.45) is 0.919. The first-order valence-electron chi connectivity index (χ1n) is 11.2. The summed E-state index contributed by atoms with van der Waals surface area (Å²) in [5.41, 5.74) is 2.43. The van der Waals surface area contributed by atoms with Crippen LogP contribution in [0.5, 0.6) is 0 Å². The van der Waals surface area contributed by atoms with E-state index in [1.54, 1.807) is 6.07 Å². The van der Waals surface area contributed by atoms with Gasteiger partial charge in [0.05, 0.1) is 17.2 Å². The molecule has 0 amide bonds. The van der Waals surface area contributed by atoms with Crippen molar-refractivity contribution in [3.05, 3.63) is 52.1 Å². The molecule has 0 unspecified atom stereocenters. The fraction of sp³-hybridized carbons (Fsp3) is 0.455. The van der Waals surface area contributed by atoms with Gasteiger partial charge in [0, 0.05) is 45.8 Å². The Balaban J connectivity index is 1.28. The normalized spacial score (nSPS) is 15.1. The van der Waals surface area contributed by atoms with Crippen LogP contribution in [0, 0.1) is 10.1 Å². The molecule has 2 aromatic carbocycles. The molecule has 11 heteroatoms. The van der Waals surface area contributed by atoms with Gasteiger partial charge < -0.3 is 20.6 Å². The number of nitro groups is 1. The molecule has 176 valence electrons. The SMILES string of the molecule is O=[N+]([O-])c1c(NCCO)cc(NCCCN2CCN(Cc3ccccc3)CC2)c2nonc12. The molecule has 0 aliphatic carbocycles. The van der Waals surface area contributed by atoms with Crippen molar-refractivity contribution in [1.29, 1.82) is 0 Å². The fourth-order valence-corrected chi connectivity index (χ4v) is 4.11. The first-order valence-corrected chi connectivity index (χ1v) is 11.2. The second kappa shape index (κ2) is 11.0. The number of nitrogens with one attached hydrogen (secondary N) is 2. The number of aliphatic hydroxyl groups excluding tert-OH is 1. The smallest absolute Gasteiger partial charge is 0.323 e. The number of aliphatic hydroxyl groups is 1. The lowest BCUT2D eigenvalue weighted by molar-refractivity contribution is -0.382. The van der Waals surface area contributed by atoms with Gasteiger partial charge in [-0.15, -0.1) is 0 Å². The Morgan fingerprint density at radius 1 is 1.00 bits per heavy atom. The Morgan fingerprint density at radius 2 is 1.70 bits per heavy atom. The average molecular weight is 456 g/mol. The number of hydrogen-bond acceptors (Lipinski definition) is 10. The lowest BCUT2D eigenvalue weighted by Crippen LogP contribution is -2.46. The van der Waals surface area contributed by atoms with Crippen molar-refractivity contribution < 1.29 is 14.7 Å². The molecule has 3 N–H and O–H groups in total. The quantitative estimate of drug-likeness (QED) is 0.224. The topological polar surface area (TPSA) is 133 Å². The van der Waals surface area contributed by atoms with Gasteiger partial charge in [-0.25, -0.2) is 4.63 Å². The molecule has 33 heavy (non-hydrogen) atoms. The lowest BCUT2D eigenvalue weighted by Gasteiger charge is -2.34. The standard InChI is InChI=1S/C22H29N7O4/c30-14-8-24-19-15-18(20-21(26-33-25-20)22(19)29(31)32)23-7-4-9-27-10-12-28(13-11-27)16-17-5-2-1-3-6-17/h1-3,5-6,15,23-24,30H,4,7-14,16H2. The molecule has 4 rings (SSSR count). The maximum Gasteiger partial charge on any atom is 0.323 e. The van der Waals surface area contributed by atoms with Crippen LogP contribution in [-0.4, -0.2) is 82.6 Å². The summed E-state index contributed by atoms with van der Waals surface area (Å²) in [5.74, 6) is 0. The number of fused-ring (bicyclic) bond motifs is 1. The minimum absolute atomic E-state index is 0.0833. The molecule has 1 aliphatic rings. The summed E-state index contributed by atoms with van der Waals surface area (Å²) < 4.78 is 4.78. The third kappa shape index (κ3) is 5.75. The molecule has 2 heterocycles. The Morgan fingerprint density at radius 3 is 2.42 bits per heavy atom. The van der Waals surface area contributed by atoms with Crippen LogP contribution in [0.4, 0.5) is 17.1 Å². The van der Waals surface area contributed by atoms with E-state index in [0.29, 0.717) is 17.7 Å². The third-order valence-electron chi connectivity index (χ3n) is 5.80. The summed E-state index contributed by atoms with van der Waals surface area (Å²) >= 11 is 0. The zero-order valence-electron chi connectivity index (χ0n) is 18.4. The highest BCUT2D eigenvalue weighted by Gasteiger charge is 2.25. The zero-order chi connectivity index (χ0) is 23.0. The van der Waals surface area contributed by atoms with Crippen LogP contribution < -0.4 is 10.6 Å². The Kier molecular flexibility index (Phi) is 7.66. The fourth-order valence-electron chi connectivity index (χ4n) is 4.11. The van der Waals surface area contributed by atoms with Gasteiger partial charge in [0.25, 0.3) is 0 Å². The highest BCUT2D eigenvalue weighted by Crippen LogP contribution is 2.36. The largest absolute Gasteiger partial charge is 0.395 e. The van der Waals surface area contributed by atoms with Gasteiger partial charge >= 0.3 is 5.69 Å². The van der Waals surface area contributed by atoms with Crippen molar-refractivity contribution in [3.63, 3.8) is 0 Å². The van der Waals surface area contributed by atoms with E-state index < -0.39 is 4.92 Å². The number of benzene rings is 2. The first kappa shape index (κ1) is 22.9. The monoisotopic (exact) mass is 455 g/mol. The molecule has 1 fully saturated rings. The molecule has 0 spiro atoms. The van der Waals surface area contributed by atoms with E-state index in [9.17, 15) is 10.1 Å². The maximum absolute atomic E-state index is 11.5. The number of piperazine rings is 1. The van der Waals surface area contributed by atoms with Crippen LogP contribution in [0.1, 0.15) is 12.0 Å². The number of anilines is 2.